The SMILES string of the molecule is COC(=O)C1=C(C)NC(c2ccccn2)=[NH+]C1c1ccc(Cl)cc1. The fourth-order valence-corrected chi connectivity index (χ4v) is 2.78. The molecule has 122 valence electrons. The van der Waals surface area contributed by atoms with Gasteiger partial charge in [0, 0.05) is 16.8 Å². The molecule has 5 nitrogen and oxygen atoms in total. The van der Waals surface area contributed by atoms with Gasteiger partial charge in [0.15, 0.2) is 11.7 Å². The van der Waals surface area contributed by atoms with Crippen molar-refractivity contribution >= 4 is 23.4 Å². The first-order valence-electron chi connectivity index (χ1n) is 7.46. The van der Waals surface area contributed by atoms with E-state index in [0.29, 0.717) is 10.6 Å². The highest BCUT2D eigenvalue weighted by Gasteiger charge is 2.34. The van der Waals surface area contributed by atoms with Gasteiger partial charge in [0.1, 0.15) is 11.3 Å². The molecule has 1 aliphatic rings. The molecule has 2 heterocycles. The number of methoxy groups -OCH3 is 1. The van der Waals surface area contributed by atoms with E-state index in [1.807, 2.05) is 37.3 Å². The summed E-state index contributed by atoms with van der Waals surface area (Å²) in [6.07, 6.45) is 1.72. The minimum atomic E-state index is -0.382. The van der Waals surface area contributed by atoms with E-state index < -0.39 is 0 Å². The van der Waals surface area contributed by atoms with Crippen LogP contribution in [-0.2, 0) is 9.53 Å². The smallest absolute Gasteiger partial charge is 0.342 e. The third kappa shape index (κ3) is 3.16. The number of carbonyl (C=O) groups excluding carboxylic acids is 1. The number of rotatable bonds is 3. The second kappa shape index (κ2) is 6.84. The molecule has 1 aromatic carbocycles. The molecule has 0 spiro atoms. The van der Waals surface area contributed by atoms with Crippen molar-refractivity contribution in [3.8, 4) is 0 Å². The number of hydrogen-bond acceptors (Lipinski definition) is 4. The van der Waals surface area contributed by atoms with E-state index >= 15 is 0 Å². The molecule has 1 unspecified atom stereocenters. The Morgan fingerprint density at radius 1 is 1.25 bits per heavy atom. The van der Waals surface area contributed by atoms with Crippen LogP contribution in [0.4, 0.5) is 0 Å². The molecule has 0 saturated heterocycles. The number of ether oxygens (including phenoxy) is 1. The lowest BCUT2D eigenvalue weighted by Crippen LogP contribution is -2.80. The van der Waals surface area contributed by atoms with E-state index in [4.69, 9.17) is 16.3 Å². The van der Waals surface area contributed by atoms with Crippen LogP contribution in [0.1, 0.15) is 24.2 Å². The number of allylic oxidation sites excluding steroid dienone is 1. The number of hydrogen-bond donors (Lipinski definition) is 2. The van der Waals surface area contributed by atoms with Gasteiger partial charge in [-0.1, -0.05) is 29.8 Å². The third-order valence-corrected chi connectivity index (χ3v) is 4.08. The number of aromatic nitrogens is 1. The van der Waals surface area contributed by atoms with Crippen molar-refractivity contribution in [1.82, 2.24) is 10.3 Å². The number of carbonyl (C=O) groups is 1. The first kappa shape index (κ1) is 16.2. The molecule has 2 N–H and O–H groups in total. The maximum absolute atomic E-state index is 12.3. The molecule has 1 atom stereocenters. The lowest BCUT2D eigenvalue weighted by molar-refractivity contribution is -0.501. The van der Waals surface area contributed by atoms with Crippen molar-refractivity contribution in [3.63, 3.8) is 0 Å². The van der Waals surface area contributed by atoms with Crippen molar-refractivity contribution in [2.24, 2.45) is 0 Å². The van der Waals surface area contributed by atoms with Gasteiger partial charge in [0.25, 0.3) is 5.84 Å². The summed E-state index contributed by atoms with van der Waals surface area (Å²) in [6.45, 7) is 1.85. The molecule has 0 aliphatic carbocycles. The maximum atomic E-state index is 12.3. The van der Waals surface area contributed by atoms with Crippen molar-refractivity contribution in [2.45, 2.75) is 13.0 Å². The van der Waals surface area contributed by atoms with Gasteiger partial charge in [-0.15, -0.1) is 0 Å². The van der Waals surface area contributed by atoms with Crippen LogP contribution in [-0.4, -0.2) is 23.9 Å². The third-order valence-electron chi connectivity index (χ3n) is 3.82. The lowest BCUT2D eigenvalue weighted by atomic mass is 9.96. The first-order valence-corrected chi connectivity index (χ1v) is 7.84. The Hall–Kier alpha value is -2.66. The summed E-state index contributed by atoms with van der Waals surface area (Å²) in [7, 11) is 1.37. The number of benzene rings is 1. The van der Waals surface area contributed by atoms with Gasteiger partial charge in [0.05, 0.1) is 7.11 Å². The molecule has 24 heavy (non-hydrogen) atoms. The monoisotopic (exact) mass is 342 g/mol. The van der Waals surface area contributed by atoms with E-state index in [1.165, 1.54) is 7.11 Å². The highest BCUT2D eigenvalue weighted by atomic mass is 35.5. The van der Waals surface area contributed by atoms with Crippen LogP contribution >= 0.6 is 11.6 Å². The zero-order chi connectivity index (χ0) is 17.1. The lowest BCUT2D eigenvalue weighted by Gasteiger charge is -2.21. The summed E-state index contributed by atoms with van der Waals surface area (Å²) in [5.74, 6) is 0.355. The van der Waals surface area contributed by atoms with Crippen molar-refractivity contribution < 1.29 is 14.5 Å². The van der Waals surface area contributed by atoms with E-state index in [9.17, 15) is 4.79 Å². The zero-order valence-electron chi connectivity index (χ0n) is 13.3. The number of amidine groups is 1. The molecule has 3 rings (SSSR count). The van der Waals surface area contributed by atoms with Gasteiger partial charge in [-0.25, -0.2) is 15.1 Å². The van der Waals surface area contributed by atoms with Crippen LogP contribution in [0.25, 0.3) is 0 Å². The average molecular weight is 343 g/mol. The molecule has 0 saturated carbocycles. The number of esters is 1. The predicted octanol–water partition coefficient (Wildman–Crippen LogP) is 1.35. The Labute approximate surface area is 145 Å². The number of nitrogens with one attached hydrogen (secondary N) is 2. The highest BCUT2D eigenvalue weighted by Crippen LogP contribution is 2.24. The molecule has 0 fully saturated rings. The molecule has 1 aliphatic heterocycles. The Bertz CT molecular complexity index is 814. The largest absolute Gasteiger partial charge is 0.465 e. The topological polar surface area (TPSA) is 65.2 Å². The minimum Gasteiger partial charge on any atom is -0.465 e. The average Bonchev–Trinajstić information content (AvgIpc) is 2.62. The van der Waals surface area contributed by atoms with Gasteiger partial charge in [-0.3, -0.25) is 4.99 Å². The molecule has 6 heteroatoms. The van der Waals surface area contributed by atoms with Gasteiger partial charge in [-0.05, 0) is 31.2 Å². The Balaban J connectivity index is 2.09. The number of nitrogens with zero attached hydrogens (tertiary/aromatic N) is 1. The maximum Gasteiger partial charge on any atom is 0.342 e. The number of pyridine rings is 1. The quantitative estimate of drug-likeness (QED) is 0.827. The highest BCUT2D eigenvalue weighted by molar-refractivity contribution is 6.30. The van der Waals surface area contributed by atoms with Crippen LogP contribution in [0.15, 0.2) is 59.9 Å². The number of halogens is 1. The fraction of sp³-hybridized carbons (Fsp3) is 0.167. The summed E-state index contributed by atoms with van der Waals surface area (Å²) in [5, 5.41) is 3.85. The predicted molar refractivity (Wildman–Crippen MR) is 91.4 cm³/mol. The van der Waals surface area contributed by atoms with Crippen LogP contribution in [0, 0.1) is 0 Å². The zero-order valence-corrected chi connectivity index (χ0v) is 14.1. The molecule has 0 radical (unpaired) electrons. The van der Waals surface area contributed by atoms with Crippen LogP contribution in [0.3, 0.4) is 0 Å². The fourth-order valence-electron chi connectivity index (χ4n) is 2.66. The van der Waals surface area contributed by atoms with Gasteiger partial charge in [0.2, 0.25) is 0 Å². The standard InChI is InChI=1S/C18H16ClN3O2/c1-11-15(18(23)24-2)16(12-6-8-13(19)9-7-12)22-17(21-11)14-5-3-4-10-20-14/h3-10,16H,1-2H3,(H,21,22)/p+1. The molecule has 1 aromatic heterocycles. The Morgan fingerprint density at radius 3 is 2.62 bits per heavy atom. The summed E-state index contributed by atoms with van der Waals surface area (Å²) < 4.78 is 4.95. The van der Waals surface area contributed by atoms with Crippen molar-refractivity contribution in [2.75, 3.05) is 7.11 Å². The van der Waals surface area contributed by atoms with E-state index in [2.05, 4.69) is 15.3 Å². The second-order valence-corrected chi connectivity index (χ2v) is 5.81. The Kier molecular flexibility index (Phi) is 4.62. The van der Waals surface area contributed by atoms with Gasteiger partial charge < -0.3 is 4.74 Å². The summed E-state index contributed by atoms with van der Waals surface area (Å²) in [6, 6.07) is 12.7. The normalized spacial score (nSPS) is 17.1. The van der Waals surface area contributed by atoms with Gasteiger partial charge >= 0.3 is 5.97 Å². The molecule has 0 bridgehead atoms. The van der Waals surface area contributed by atoms with Crippen LogP contribution < -0.4 is 10.3 Å². The van der Waals surface area contributed by atoms with E-state index in [0.717, 1.165) is 22.8 Å². The molecular weight excluding hydrogens is 326 g/mol. The minimum absolute atomic E-state index is 0.354. The summed E-state index contributed by atoms with van der Waals surface area (Å²) in [4.78, 5) is 19.9. The van der Waals surface area contributed by atoms with E-state index in [1.54, 1.807) is 18.3 Å². The van der Waals surface area contributed by atoms with Crippen LogP contribution in [0.2, 0.25) is 5.02 Å². The molecule has 0 amide bonds. The van der Waals surface area contributed by atoms with Crippen LogP contribution in [0.5, 0.6) is 0 Å². The molecular formula is C18H17ClN3O2+. The first-order chi connectivity index (χ1) is 11.6. The van der Waals surface area contributed by atoms with Crippen molar-refractivity contribution in [1.29, 1.82) is 0 Å². The van der Waals surface area contributed by atoms with E-state index in [-0.39, 0.29) is 12.0 Å². The van der Waals surface area contributed by atoms with Crippen molar-refractivity contribution in [3.05, 3.63) is 76.2 Å². The molecule has 2 aromatic rings. The Morgan fingerprint density at radius 2 is 2.00 bits per heavy atom. The second-order valence-electron chi connectivity index (χ2n) is 5.37. The summed E-state index contributed by atoms with van der Waals surface area (Å²) in [5.41, 5.74) is 2.93. The summed E-state index contributed by atoms with van der Waals surface area (Å²) >= 11 is 5.98. The van der Waals surface area contributed by atoms with Gasteiger partial charge in [-0.2, -0.15) is 0 Å².